The molecule has 19 heavy (non-hydrogen) atoms. The van der Waals surface area contributed by atoms with Crippen LogP contribution in [-0.2, 0) is 4.79 Å². The second-order valence-electron chi connectivity index (χ2n) is 5.70. The molecule has 5 nitrogen and oxygen atoms in total. The first-order valence-electron chi connectivity index (χ1n) is 7.48. The van der Waals surface area contributed by atoms with Crippen LogP contribution in [0.3, 0.4) is 0 Å². The third kappa shape index (κ3) is 5.89. The van der Waals surface area contributed by atoms with E-state index in [-0.39, 0.29) is 17.9 Å². The first-order chi connectivity index (χ1) is 9.04. The fourth-order valence-electron chi connectivity index (χ4n) is 2.22. The summed E-state index contributed by atoms with van der Waals surface area (Å²) in [6.07, 6.45) is 1.94. The van der Waals surface area contributed by atoms with E-state index >= 15 is 0 Å². The van der Waals surface area contributed by atoms with Gasteiger partial charge < -0.3 is 20.9 Å². The van der Waals surface area contributed by atoms with Crippen molar-refractivity contribution >= 4 is 5.91 Å². The maximum atomic E-state index is 11.8. The summed E-state index contributed by atoms with van der Waals surface area (Å²) in [4.78, 5) is 16.6. The average Bonchev–Trinajstić information content (AvgIpc) is 2.43. The van der Waals surface area contributed by atoms with Gasteiger partial charge in [-0.2, -0.15) is 0 Å². The predicted molar refractivity (Wildman–Crippen MR) is 79.0 cm³/mol. The molecule has 1 saturated heterocycles. The molecule has 0 bridgehead atoms. The summed E-state index contributed by atoms with van der Waals surface area (Å²) in [6.45, 7) is 10.4. The highest BCUT2D eigenvalue weighted by molar-refractivity contribution is 5.81. The van der Waals surface area contributed by atoms with E-state index in [4.69, 9.17) is 5.73 Å². The normalized spacial score (nSPS) is 21.1. The lowest BCUT2D eigenvalue weighted by Crippen LogP contribution is -2.46. The van der Waals surface area contributed by atoms with Crippen molar-refractivity contribution in [3.63, 3.8) is 0 Å². The van der Waals surface area contributed by atoms with E-state index in [1.165, 1.54) is 0 Å². The van der Waals surface area contributed by atoms with Crippen molar-refractivity contribution in [3.8, 4) is 0 Å². The number of carbonyl (C=O) groups is 1. The minimum atomic E-state index is -0.367. The van der Waals surface area contributed by atoms with E-state index in [2.05, 4.69) is 29.1 Å². The smallest absolute Gasteiger partial charge is 0.237 e. The number of hydrogen-bond acceptors (Lipinski definition) is 4. The molecular formula is C14H30N4O. The van der Waals surface area contributed by atoms with Gasteiger partial charge >= 0.3 is 0 Å². The second-order valence-corrected chi connectivity index (χ2v) is 5.70. The SMILES string of the molecule is CCC(C)C(N)C(=O)NCCCN1CCN(C)CC1. The van der Waals surface area contributed by atoms with Gasteiger partial charge in [0, 0.05) is 32.7 Å². The first-order valence-corrected chi connectivity index (χ1v) is 7.48. The highest BCUT2D eigenvalue weighted by atomic mass is 16.2. The average molecular weight is 270 g/mol. The van der Waals surface area contributed by atoms with Crippen molar-refractivity contribution in [3.05, 3.63) is 0 Å². The maximum absolute atomic E-state index is 11.8. The summed E-state index contributed by atoms with van der Waals surface area (Å²) < 4.78 is 0. The van der Waals surface area contributed by atoms with Gasteiger partial charge in [-0.1, -0.05) is 20.3 Å². The Kier molecular flexibility index (Phi) is 7.34. The molecule has 0 aromatic carbocycles. The van der Waals surface area contributed by atoms with Gasteiger partial charge in [0.25, 0.3) is 0 Å². The predicted octanol–water partition coefficient (Wildman–Crippen LogP) is 0.114. The van der Waals surface area contributed by atoms with E-state index in [0.717, 1.165) is 52.1 Å². The van der Waals surface area contributed by atoms with Crippen LogP contribution in [0.4, 0.5) is 0 Å². The van der Waals surface area contributed by atoms with E-state index in [0.29, 0.717) is 0 Å². The Morgan fingerprint density at radius 3 is 2.53 bits per heavy atom. The van der Waals surface area contributed by atoms with Gasteiger partial charge in [0.2, 0.25) is 5.91 Å². The Hall–Kier alpha value is -0.650. The lowest BCUT2D eigenvalue weighted by atomic mass is 9.99. The Labute approximate surface area is 117 Å². The molecule has 0 saturated carbocycles. The molecule has 1 aliphatic heterocycles. The zero-order valence-electron chi connectivity index (χ0n) is 12.7. The van der Waals surface area contributed by atoms with Gasteiger partial charge in [0.05, 0.1) is 6.04 Å². The molecule has 1 amide bonds. The van der Waals surface area contributed by atoms with Crippen LogP contribution in [-0.4, -0.2) is 68.1 Å². The molecule has 1 aliphatic rings. The summed E-state index contributed by atoms with van der Waals surface area (Å²) in [5.74, 6) is 0.241. The lowest BCUT2D eigenvalue weighted by molar-refractivity contribution is -0.123. The molecule has 3 N–H and O–H groups in total. The van der Waals surface area contributed by atoms with Crippen molar-refractivity contribution in [1.29, 1.82) is 0 Å². The van der Waals surface area contributed by atoms with E-state index in [1.807, 2.05) is 6.92 Å². The molecule has 112 valence electrons. The number of piperazine rings is 1. The van der Waals surface area contributed by atoms with Crippen LogP contribution >= 0.6 is 0 Å². The Morgan fingerprint density at radius 2 is 1.95 bits per heavy atom. The van der Waals surface area contributed by atoms with Gasteiger partial charge in [-0.05, 0) is 25.9 Å². The van der Waals surface area contributed by atoms with Crippen molar-refractivity contribution in [2.24, 2.45) is 11.7 Å². The lowest BCUT2D eigenvalue weighted by Gasteiger charge is -2.32. The quantitative estimate of drug-likeness (QED) is 0.645. The zero-order chi connectivity index (χ0) is 14.3. The monoisotopic (exact) mass is 270 g/mol. The molecule has 0 aromatic heterocycles. The maximum Gasteiger partial charge on any atom is 0.237 e. The molecule has 1 rings (SSSR count). The summed E-state index contributed by atoms with van der Waals surface area (Å²) in [5.41, 5.74) is 5.88. The molecular weight excluding hydrogens is 240 g/mol. The van der Waals surface area contributed by atoms with Gasteiger partial charge in [-0.15, -0.1) is 0 Å². The third-order valence-electron chi connectivity index (χ3n) is 4.11. The van der Waals surface area contributed by atoms with Crippen LogP contribution in [0.2, 0.25) is 0 Å². The summed E-state index contributed by atoms with van der Waals surface area (Å²) in [7, 11) is 2.16. The number of hydrogen-bond donors (Lipinski definition) is 2. The molecule has 0 spiro atoms. The van der Waals surface area contributed by atoms with E-state index in [9.17, 15) is 4.79 Å². The highest BCUT2D eigenvalue weighted by Gasteiger charge is 2.19. The number of nitrogens with one attached hydrogen (secondary N) is 1. The van der Waals surface area contributed by atoms with Gasteiger partial charge in [-0.25, -0.2) is 0 Å². The molecule has 2 unspecified atom stereocenters. The number of nitrogens with zero attached hydrogens (tertiary/aromatic N) is 2. The Balaban J connectivity index is 2.08. The minimum Gasteiger partial charge on any atom is -0.355 e. The van der Waals surface area contributed by atoms with Crippen molar-refractivity contribution in [2.75, 3.05) is 46.3 Å². The van der Waals surface area contributed by atoms with Crippen molar-refractivity contribution in [2.45, 2.75) is 32.7 Å². The van der Waals surface area contributed by atoms with E-state index in [1.54, 1.807) is 0 Å². The van der Waals surface area contributed by atoms with Crippen molar-refractivity contribution < 1.29 is 4.79 Å². The standard InChI is InChI=1S/C14H30N4O/c1-4-12(2)13(15)14(19)16-6-5-7-18-10-8-17(3)9-11-18/h12-13H,4-11,15H2,1-3H3,(H,16,19). The Morgan fingerprint density at radius 1 is 1.32 bits per heavy atom. The fourth-order valence-corrected chi connectivity index (χ4v) is 2.22. The van der Waals surface area contributed by atoms with Crippen LogP contribution in [0, 0.1) is 5.92 Å². The van der Waals surface area contributed by atoms with Crippen LogP contribution < -0.4 is 11.1 Å². The molecule has 0 radical (unpaired) electrons. The molecule has 1 heterocycles. The fraction of sp³-hybridized carbons (Fsp3) is 0.929. The largest absolute Gasteiger partial charge is 0.355 e. The van der Waals surface area contributed by atoms with Crippen LogP contribution in [0.1, 0.15) is 26.7 Å². The van der Waals surface area contributed by atoms with Gasteiger partial charge in [0.1, 0.15) is 0 Å². The number of rotatable bonds is 7. The van der Waals surface area contributed by atoms with Crippen LogP contribution in [0.15, 0.2) is 0 Å². The number of nitrogens with two attached hydrogens (primary N) is 1. The number of carbonyl (C=O) groups excluding carboxylic acids is 1. The van der Waals surface area contributed by atoms with Crippen LogP contribution in [0.25, 0.3) is 0 Å². The number of amides is 1. The van der Waals surface area contributed by atoms with Gasteiger partial charge in [0.15, 0.2) is 0 Å². The molecule has 0 aromatic rings. The molecule has 2 atom stereocenters. The van der Waals surface area contributed by atoms with Crippen LogP contribution in [0.5, 0.6) is 0 Å². The van der Waals surface area contributed by atoms with E-state index < -0.39 is 0 Å². The summed E-state index contributed by atoms with van der Waals surface area (Å²) >= 11 is 0. The first kappa shape index (κ1) is 16.4. The highest BCUT2D eigenvalue weighted by Crippen LogP contribution is 2.05. The summed E-state index contributed by atoms with van der Waals surface area (Å²) in [5, 5.41) is 2.94. The zero-order valence-corrected chi connectivity index (χ0v) is 12.7. The van der Waals surface area contributed by atoms with Crippen molar-refractivity contribution in [1.82, 2.24) is 15.1 Å². The number of likely N-dealkylation sites (N-methyl/N-ethyl adjacent to an activating group) is 1. The second kappa shape index (κ2) is 8.51. The third-order valence-corrected chi connectivity index (χ3v) is 4.11. The Bertz CT molecular complexity index is 264. The minimum absolute atomic E-state index is 0.00673. The molecule has 5 heteroatoms. The summed E-state index contributed by atoms with van der Waals surface area (Å²) in [6, 6.07) is -0.367. The van der Waals surface area contributed by atoms with Gasteiger partial charge in [-0.3, -0.25) is 4.79 Å². The molecule has 0 aliphatic carbocycles. The molecule has 1 fully saturated rings. The topological polar surface area (TPSA) is 61.6 Å².